The lowest BCUT2D eigenvalue weighted by Gasteiger charge is -2.17. The van der Waals surface area contributed by atoms with Gasteiger partial charge in [0.15, 0.2) is 5.96 Å². The number of carbonyl (C=O) groups excluding carboxylic acids is 3. The van der Waals surface area contributed by atoms with Crippen molar-refractivity contribution >= 4 is 58.5 Å². The van der Waals surface area contributed by atoms with Gasteiger partial charge >= 0.3 is 5.97 Å². The van der Waals surface area contributed by atoms with Crippen LogP contribution in [0.3, 0.4) is 0 Å². The molecule has 39 heavy (non-hydrogen) atoms. The number of carboxylic acid groups (broad SMARTS) is 1. The van der Waals surface area contributed by atoms with E-state index in [4.69, 9.17) is 50.2 Å². The summed E-state index contributed by atoms with van der Waals surface area (Å²) in [5, 5.41) is 14.9. The number of rotatable bonds is 15. The molecule has 1 atom stereocenters. The number of carbonyl (C=O) groups is 4. The van der Waals surface area contributed by atoms with Crippen molar-refractivity contribution in [1.29, 1.82) is 0 Å². The number of nitrogens with zero attached hydrogens (tertiary/aromatic N) is 1. The maximum absolute atomic E-state index is 12.9. The molecule has 0 aliphatic carbocycles. The summed E-state index contributed by atoms with van der Waals surface area (Å²) in [6.07, 6.45) is 0.390. The second kappa shape index (κ2) is 15.4. The zero-order valence-corrected chi connectivity index (χ0v) is 22.4. The van der Waals surface area contributed by atoms with Gasteiger partial charge in [-0.1, -0.05) is 29.3 Å². The highest BCUT2D eigenvalue weighted by Crippen LogP contribution is 2.28. The van der Waals surface area contributed by atoms with Gasteiger partial charge in [-0.25, -0.2) is 0 Å². The molecule has 3 amide bonds. The molecule has 9 N–H and O–H groups in total. The molecule has 0 aliphatic heterocycles. The number of hydrogen-bond donors (Lipinski definition) is 6. The Kier molecular flexibility index (Phi) is 12.3. The van der Waals surface area contributed by atoms with Crippen molar-refractivity contribution in [2.24, 2.45) is 22.2 Å². The Hall–Kier alpha value is -4.03. The summed E-state index contributed by atoms with van der Waals surface area (Å²) in [4.78, 5) is 51.6. The number of aliphatic carboxylic acids is 1. The third-order valence-corrected chi connectivity index (χ3v) is 5.91. The third-order valence-electron chi connectivity index (χ3n) is 5.32. The van der Waals surface area contributed by atoms with E-state index in [1.54, 1.807) is 18.2 Å². The molecular formula is C25H30Cl2N6O6. The van der Waals surface area contributed by atoms with E-state index in [0.717, 1.165) is 5.56 Å². The molecule has 0 fully saturated rings. The number of guanidine groups is 1. The Bertz CT molecular complexity index is 1240. The number of amides is 3. The molecule has 0 radical (unpaired) electrons. The van der Waals surface area contributed by atoms with Crippen LogP contribution in [0.15, 0.2) is 41.4 Å². The topological polar surface area (TPSA) is 212 Å². The number of carboxylic acids is 1. The van der Waals surface area contributed by atoms with Crippen molar-refractivity contribution in [1.82, 2.24) is 5.32 Å². The predicted octanol–water partition coefficient (Wildman–Crippen LogP) is 2.06. The van der Waals surface area contributed by atoms with Gasteiger partial charge in [0.1, 0.15) is 11.8 Å². The zero-order valence-electron chi connectivity index (χ0n) is 20.9. The monoisotopic (exact) mass is 580 g/mol. The van der Waals surface area contributed by atoms with E-state index in [9.17, 15) is 19.2 Å². The van der Waals surface area contributed by atoms with Crippen LogP contribution in [-0.4, -0.2) is 54.0 Å². The molecule has 2 rings (SSSR count). The molecule has 12 nitrogen and oxygen atoms in total. The quantitative estimate of drug-likeness (QED) is 0.104. The summed E-state index contributed by atoms with van der Waals surface area (Å²) in [6, 6.07) is 8.32. The van der Waals surface area contributed by atoms with Crippen molar-refractivity contribution < 1.29 is 29.0 Å². The van der Waals surface area contributed by atoms with Crippen LogP contribution in [-0.2, 0) is 20.8 Å². The summed E-state index contributed by atoms with van der Waals surface area (Å²) >= 11 is 12.2. The summed E-state index contributed by atoms with van der Waals surface area (Å²) in [7, 11) is 0. The number of nitrogens with one attached hydrogen (secondary N) is 2. The van der Waals surface area contributed by atoms with Crippen LogP contribution in [0.4, 0.5) is 5.69 Å². The molecule has 0 saturated carbocycles. The minimum absolute atomic E-state index is 0.0873. The predicted molar refractivity (Wildman–Crippen MR) is 148 cm³/mol. The van der Waals surface area contributed by atoms with Crippen LogP contribution in [0, 0.1) is 0 Å². The number of benzene rings is 2. The number of anilines is 1. The average molecular weight is 581 g/mol. The highest BCUT2D eigenvalue weighted by molar-refractivity contribution is 6.35. The van der Waals surface area contributed by atoms with Crippen molar-refractivity contribution in [3.63, 3.8) is 0 Å². The van der Waals surface area contributed by atoms with Gasteiger partial charge in [-0.15, -0.1) is 0 Å². The van der Waals surface area contributed by atoms with Crippen LogP contribution in [0.2, 0.25) is 10.0 Å². The molecule has 2 aromatic rings. The first-order chi connectivity index (χ1) is 18.5. The first-order valence-electron chi connectivity index (χ1n) is 11.8. The van der Waals surface area contributed by atoms with Crippen molar-refractivity contribution in [3.8, 4) is 5.75 Å². The molecule has 0 aromatic heterocycles. The first-order valence-corrected chi connectivity index (χ1v) is 12.6. The summed E-state index contributed by atoms with van der Waals surface area (Å²) < 4.78 is 5.87. The van der Waals surface area contributed by atoms with Gasteiger partial charge < -0.3 is 37.7 Å². The smallest absolute Gasteiger partial charge is 0.303 e. The standard InChI is InChI=1S/C25H30Cl2N6O6/c26-16-5-3-14(17(27)13-16)9-11-39-20-12-15(4-6-18(20)32-21(34)7-8-22(35)36)24(38)33-19(23(28)37)2-1-10-31-25(29)30/h3-6,12-13,19H,1-2,7-11H2,(H2,28,37)(H,32,34)(H,33,38)(H,35,36)(H4,29,30,31)/t19-/m0/s1. The van der Waals surface area contributed by atoms with Crippen LogP contribution in [0.1, 0.15) is 41.6 Å². The molecule has 14 heteroatoms. The third kappa shape index (κ3) is 11.1. The number of ether oxygens (including phenoxy) is 1. The lowest BCUT2D eigenvalue weighted by molar-refractivity contribution is -0.138. The number of halogens is 2. The number of aliphatic imine (C=N–C) groups is 1. The fourth-order valence-corrected chi connectivity index (χ4v) is 3.85. The lowest BCUT2D eigenvalue weighted by Crippen LogP contribution is -2.44. The SMILES string of the molecule is NC(=O)[C@H](CCCN=C(N)N)NC(=O)c1ccc(NC(=O)CCC(=O)O)c(OCCc2ccc(Cl)cc2Cl)c1. The van der Waals surface area contributed by atoms with Gasteiger partial charge in [0.05, 0.1) is 18.7 Å². The Labute approximate surface area is 234 Å². The van der Waals surface area contributed by atoms with E-state index in [0.29, 0.717) is 22.9 Å². The van der Waals surface area contributed by atoms with Gasteiger partial charge in [-0.3, -0.25) is 24.2 Å². The van der Waals surface area contributed by atoms with Crippen molar-refractivity contribution in [2.45, 2.75) is 38.1 Å². The first kappa shape index (κ1) is 31.2. The van der Waals surface area contributed by atoms with E-state index in [1.165, 1.54) is 18.2 Å². The Morgan fingerprint density at radius 1 is 1.03 bits per heavy atom. The fourth-order valence-electron chi connectivity index (χ4n) is 3.35. The van der Waals surface area contributed by atoms with Crippen LogP contribution in [0.5, 0.6) is 5.75 Å². The molecular weight excluding hydrogens is 551 g/mol. The highest BCUT2D eigenvalue weighted by Gasteiger charge is 2.20. The second-order valence-corrected chi connectivity index (χ2v) is 9.21. The minimum atomic E-state index is -1.12. The number of primary amides is 1. The van der Waals surface area contributed by atoms with Gasteiger partial charge in [-0.05, 0) is 48.7 Å². The van der Waals surface area contributed by atoms with Crippen molar-refractivity contribution in [3.05, 3.63) is 57.6 Å². The molecule has 0 bridgehead atoms. The zero-order chi connectivity index (χ0) is 28.9. The van der Waals surface area contributed by atoms with Gasteiger partial charge in [0.25, 0.3) is 5.91 Å². The maximum atomic E-state index is 12.9. The van der Waals surface area contributed by atoms with Crippen LogP contribution >= 0.6 is 23.2 Å². The minimum Gasteiger partial charge on any atom is -0.491 e. The molecule has 0 aliphatic rings. The highest BCUT2D eigenvalue weighted by atomic mass is 35.5. The summed E-state index contributed by atoms with van der Waals surface area (Å²) in [6.45, 7) is 0.382. The van der Waals surface area contributed by atoms with Crippen molar-refractivity contribution in [2.75, 3.05) is 18.5 Å². The van der Waals surface area contributed by atoms with E-state index in [-0.39, 0.29) is 55.4 Å². The number of hydrogen-bond acceptors (Lipinski definition) is 6. The second-order valence-electron chi connectivity index (χ2n) is 8.36. The molecule has 0 spiro atoms. The molecule has 0 heterocycles. The van der Waals surface area contributed by atoms with Gasteiger partial charge in [0.2, 0.25) is 11.8 Å². The Morgan fingerprint density at radius 3 is 2.41 bits per heavy atom. The molecule has 2 aromatic carbocycles. The van der Waals surface area contributed by atoms with E-state index < -0.39 is 29.7 Å². The Morgan fingerprint density at radius 2 is 1.77 bits per heavy atom. The van der Waals surface area contributed by atoms with Gasteiger partial charge in [0, 0.05) is 35.0 Å². The average Bonchev–Trinajstić information content (AvgIpc) is 2.86. The number of nitrogens with two attached hydrogens (primary N) is 3. The lowest BCUT2D eigenvalue weighted by atomic mass is 10.1. The van der Waals surface area contributed by atoms with E-state index in [2.05, 4.69) is 15.6 Å². The maximum Gasteiger partial charge on any atom is 0.303 e. The van der Waals surface area contributed by atoms with Crippen LogP contribution < -0.4 is 32.6 Å². The summed E-state index contributed by atoms with van der Waals surface area (Å²) in [5.41, 5.74) is 17.1. The summed E-state index contributed by atoms with van der Waals surface area (Å²) in [5.74, 6) is -2.93. The largest absolute Gasteiger partial charge is 0.491 e. The van der Waals surface area contributed by atoms with E-state index >= 15 is 0 Å². The molecule has 0 saturated heterocycles. The fraction of sp³-hybridized carbons (Fsp3) is 0.320. The van der Waals surface area contributed by atoms with E-state index in [1.807, 2.05) is 0 Å². The Balaban J connectivity index is 2.18. The van der Waals surface area contributed by atoms with Crippen LogP contribution in [0.25, 0.3) is 0 Å². The molecule has 210 valence electrons. The van der Waals surface area contributed by atoms with Gasteiger partial charge in [-0.2, -0.15) is 0 Å². The normalized spacial score (nSPS) is 11.2. The molecule has 0 unspecified atom stereocenters.